The summed E-state index contributed by atoms with van der Waals surface area (Å²) in [7, 11) is 0. The normalized spacial score (nSPS) is 20.0. The SMILES string of the molecule is C[C@@H](NC(=O)c1cccnc1)C(=O)N1CCC2(CC1)CC2.[HH].c1ccc(C2CC2)cc1. The van der Waals surface area contributed by atoms with Gasteiger partial charge in [0.15, 0.2) is 0 Å². The number of piperidine rings is 1. The van der Waals surface area contributed by atoms with Gasteiger partial charge in [-0.2, -0.15) is 0 Å². The third-order valence-corrected chi connectivity index (χ3v) is 6.58. The lowest BCUT2D eigenvalue weighted by Gasteiger charge is -2.33. The van der Waals surface area contributed by atoms with Crippen molar-refractivity contribution in [1.29, 1.82) is 0 Å². The Morgan fingerprint density at radius 2 is 1.77 bits per heavy atom. The summed E-state index contributed by atoms with van der Waals surface area (Å²) in [5.41, 5.74) is 2.56. The van der Waals surface area contributed by atoms with Crippen LogP contribution in [0.15, 0.2) is 54.9 Å². The minimum atomic E-state index is -0.494. The first-order chi connectivity index (χ1) is 14.6. The molecule has 0 unspecified atom stereocenters. The highest BCUT2D eigenvalue weighted by molar-refractivity contribution is 5.97. The zero-order valence-electron chi connectivity index (χ0n) is 17.7. The van der Waals surface area contributed by atoms with Crippen LogP contribution >= 0.6 is 0 Å². The van der Waals surface area contributed by atoms with Gasteiger partial charge in [-0.05, 0) is 74.5 Å². The molecule has 1 aromatic heterocycles. The molecule has 160 valence electrons. The monoisotopic (exact) mass is 407 g/mol. The van der Waals surface area contributed by atoms with Crippen LogP contribution in [0.2, 0.25) is 0 Å². The van der Waals surface area contributed by atoms with Crippen LogP contribution in [-0.4, -0.2) is 40.8 Å². The van der Waals surface area contributed by atoms with Gasteiger partial charge in [-0.25, -0.2) is 0 Å². The highest BCUT2D eigenvalue weighted by Crippen LogP contribution is 2.53. The Bertz CT molecular complexity index is 857. The molecule has 5 rings (SSSR count). The second-order valence-corrected chi connectivity index (χ2v) is 8.95. The highest BCUT2D eigenvalue weighted by Gasteiger charge is 2.45. The van der Waals surface area contributed by atoms with E-state index in [1.165, 1.54) is 37.4 Å². The maximum atomic E-state index is 12.4. The van der Waals surface area contributed by atoms with Crippen LogP contribution in [0, 0.1) is 5.41 Å². The maximum absolute atomic E-state index is 12.4. The van der Waals surface area contributed by atoms with Crippen molar-refractivity contribution >= 4 is 11.8 Å². The Morgan fingerprint density at radius 1 is 1.07 bits per heavy atom. The molecule has 2 amide bonds. The molecule has 0 bridgehead atoms. The summed E-state index contributed by atoms with van der Waals surface area (Å²) in [6.45, 7) is 3.40. The molecule has 1 aromatic carbocycles. The number of hydrogen-bond donors (Lipinski definition) is 1. The second kappa shape index (κ2) is 8.99. The van der Waals surface area contributed by atoms with Crippen LogP contribution in [0.4, 0.5) is 0 Å². The van der Waals surface area contributed by atoms with E-state index < -0.39 is 6.04 Å². The molecule has 0 radical (unpaired) electrons. The van der Waals surface area contributed by atoms with Crippen LogP contribution in [0.1, 0.15) is 68.7 Å². The molecule has 1 atom stereocenters. The maximum Gasteiger partial charge on any atom is 0.253 e. The number of nitrogens with zero attached hydrogens (tertiary/aromatic N) is 2. The lowest BCUT2D eigenvalue weighted by atomic mass is 9.93. The molecule has 2 heterocycles. The van der Waals surface area contributed by atoms with Gasteiger partial charge in [0.25, 0.3) is 5.91 Å². The Labute approximate surface area is 180 Å². The molecule has 30 heavy (non-hydrogen) atoms. The zero-order chi connectivity index (χ0) is 21.0. The van der Waals surface area contributed by atoms with Crippen molar-refractivity contribution in [2.24, 2.45) is 5.41 Å². The highest BCUT2D eigenvalue weighted by atomic mass is 16.2. The number of aromatic nitrogens is 1. The minimum Gasteiger partial charge on any atom is -0.341 e. The molecule has 2 saturated carbocycles. The third kappa shape index (κ3) is 5.26. The van der Waals surface area contributed by atoms with E-state index in [4.69, 9.17) is 0 Å². The molecule has 2 aliphatic carbocycles. The molecule has 1 aliphatic heterocycles. The van der Waals surface area contributed by atoms with E-state index in [-0.39, 0.29) is 13.2 Å². The first-order valence-electron chi connectivity index (χ1n) is 11.1. The fraction of sp³-hybridized carbons (Fsp3) is 0.480. The molecule has 1 spiro atoms. The van der Waals surface area contributed by atoms with E-state index in [2.05, 4.69) is 40.6 Å². The van der Waals surface area contributed by atoms with Crippen molar-refractivity contribution in [1.82, 2.24) is 15.2 Å². The van der Waals surface area contributed by atoms with Crippen molar-refractivity contribution in [3.63, 3.8) is 0 Å². The smallest absolute Gasteiger partial charge is 0.253 e. The largest absolute Gasteiger partial charge is 0.341 e. The number of carbonyl (C=O) groups excluding carboxylic acids is 2. The average molecular weight is 408 g/mol. The van der Waals surface area contributed by atoms with Gasteiger partial charge in [0, 0.05) is 26.9 Å². The fourth-order valence-electron chi connectivity index (χ4n) is 4.13. The van der Waals surface area contributed by atoms with Crippen LogP contribution in [0.3, 0.4) is 0 Å². The topological polar surface area (TPSA) is 62.3 Å². The van der Waals surface area contributed by atoms with Gasteiger partial charge in [0.05, 0.1) is 5.56 Å². The van der Waals surface area contributed by atoms with Crippen LogP contribution in [0.25, 0.3) is 0 Å². The standard InChI is InChI=1S/C16H21N3O2.C9H10.H2/c1-12(18-14(20)13-3-2-8-17-11-13)15(21)19-9-6-16(4-5-16)7-10-19;1-2-4-8(5-3-1)9-6-7-9;/h2-3,8,11-12H,4-7,9-10H2,1H3,(H,18,20);1-5,9H,6-7H2;1H/t12-;;/m1../s1. The Morgan fingerprint density at radius 3 is 2.33 bits per heavy atom. The van der Waals surface area contributed by atoms with Crippen molar-refractivity contribution in [2.75, 3.05) is 13.1 Å². The van der Waals surface area contributed by atoms with Crippen molar-refractivity contribution in [3.8, 4) is 0 Å². The molecule has 1 N–H and O–H groups in total. The summed E-state index contributed by atoms with van der Waals surface area (Å²) in [5.74, 6) is 0.675. The first-order valence-corrected chi connectivity index (χ1v) is 11.1. The van der Waals surface area contributed by atoms with E-state index in [0.29, 0.717) is 11.0 Å². The molecular formula is C25H33N3O2. The molecule has 5 nitrogen and oxygen atoms in total. The summed E-state index contributed by atoms with van der Waals surface area (Å²) in [4.78, 5) is 30.2. The summed E-state index contributed by atoms with van der Waals surface area (Å²) in [5, 5.41) is 2.76. The number of amides is 2. The lowest BCUT2D eigenvalue weighted by Crippen LogP contribution is -2.49. The second-order valence-electron chi connectivity index (χ2n) is 8.95. The Hall–Kier alpha value is -2.69. The quantitative estimate of drug-likeness (QED) is 0.816. The predicted octanol–water partition coefficient (Wildman–Crippen LogP) is 4.41. The number of carbonyl (C=O) groups is 2. The number of nitrogens with one attached hydrogen (secondary N) is 1. The first kappa shape index (κ1) is 20.6. The molecule has 3 fully saturated rings. The number of rotatable bonds is 4. The number of hydrogen-bond acceptors (Lipinski definition) is 3. The molecule has 1 saturated heterocycles. The van der Waals surface area contributed by atoms with Crippen LogP contribution < -0.4 is 5.32 Å². The zero-order valence-corrected chi connectivity index (χ0v) is 17.7. The van der Waals surface area contributed by atoms with Gasteiger partial charge in [-0.15, -0.1) is 0 Å². The Balaban J connectivity index is 0.000000227. The minimum absolute atomic E-state index is 0. The fourth-order valence-corrected chi connectivity index (χ4v) is 4.13. The van der Waals surface area contributed by atoms with Crippen molar-refractivity contribution in [3.05, 3.63) is 66.0 Å². The van der Waals surface area contributed by atoms with Gasteiger partial charge >= 0.3 is 0 Å². The van der Waals surface area contributed by atoms with E-state index in [1.54, 1.807) is 25.3 Å². The molecule has 2 aromatic rings. The van der Waals surface area contributed by atoms with Gasteiger partial charge in [-0.3, -0.25) is 14.6 Å². The van der Waals surface area contributed by atoms with Gasteiger partial charge in [0.1, 0.15) is 6.04 Å². The average Bonchev–Trinajstić information content (AvgIpc) is 3.72. The number of likely N-dealkylation sites (tertiary alicyclic amines) is 1. The third-order valence-electron chi connectivity index (χ3n) is 6.58. The van der Waals surface area contributed by atoms with Gasteiger partial charge in [0.2, 0.25) is 5.91 Å². The van der Waals surface area contributed by atoms with Crippen LogP contribution in [0.5, 0.6) is 0 Å². The van der Waals surface area contributed by atoms with Crippen molar-refractivity contribution < 1.29 is 11.0 Å². The van der Waals surface area contributed by atoms with E-state index in [9.17, 15) is 9.59 Å². The molecule has 3 aliphatic rings. The van der Waals surface area contributed by atoms with Gasteiger partial charge < -0.3 is 10.2 Å². The Kier molecular flexibility index (Phi) is 6.16. The van der Waals surface area contributed by atoms with Gasteiger partial charge in [-0.1, -0.05) is 30.3 Å². The van der Waals surface area contributed by atoms with E-state index >= 15 is 0 Å². The van der Waals surface area contributed by atoms with Crippen LogP contribution in [-0.2, 0) is 4.79 Å². The van der Waals surface area contributed by atoms with E-state index in [1.807, 2.05) is 4.90 Å². The summed E-state index contributed by atoms with van der Waals surface area (Å²) < 4.78 is 0. The molecule has 5 heteroatoms. The predicted molar refractivity (Wildman–Crippen MR) is 119 cm³/mol. The lowest BCUT2D eigenvalue weighted by molar-refractivity contribution is -0.134. The summed E-state index contributed by atoms with van der Waals surface area (Å²) in [6.07, 6.45) is 10.8. The summed E-state index contributed by atoms with van der Waals surface area (Å²) >= 11 is 0. The molecular weight excluding hydrogens is 374 g/mol. The van der Waals surface area contributed by atoms with E-state index in [0.717, 1.165) is 31.8 Å². The number of benzene rings is 1. The summed E-state index contributed by atoms with van der Waals surface area (Å²) in [6, 6.07) is 13.7. The van der Waals surface area contributed by atoms with Crippen molar-refractivity contribution in [2.45, 2.75) is 57.4 Å². The number of pyridine rings is 1.